The zero-order valence-corrected chi connectivity index (χ0v) is 24.2. The highest BCUT2D eigenvalue weighted by molar-refractivity contribution is 7.09. The molecule has 0 aliphatic rings. The Hall–Kier alpha value is -3.65. The van der Waals surface area contributed by atoms with Crippen LogP contribution < -0.4 is 15.4 Å². The summed E-state index contributed by atoms with van der Waals surface area (Å²) in [6.45, 7) is 8.46. The number of benzene rings is 2. The Bertz CT molecular complexity index is 1390. The lowest BCUT2D eigenvalue weighted by molar-refractivity contribution is -0.118. The van der Waals surface area contributed by atoms with E-state index in [0.29, 0.717) is 29.5 Å². The van der Waals surface area contributed by atoms with Gasteiger partial charge in [0.05, 0.1) is 18.1 Å². The van der Waals surface area contributed by atoms with Crippen LogP contribution in [0.15, 0.2) is 60.0 Å². The van der Waals surface area contributed by atoms with Crippen LogP contribution in [0.4, 0.5) is 5.69 Å². The molecule has 1 atom stereocenters. The van der Waals surface area contributed by atoms with Crippen molar-refractivity contribution in [2.45, 2.75) is 65.5 Å². The molecule has 2 aromatic carbocycles. The Labute approximate surface area is 234 Å². The van der Waals surface area contributed by atoms with E-state index in [1.165, 1.54) is 4.88 Å². The average molecular weight is 547 g/mol. The fourth-order valence-corrected chi connectivity index (χ4v) is 5.59. The first-order chi connectivity index (χ1) is 18.8. The molecule has 8 heteroatoms. The summed E-state index contributed by atoms with van der Waals surface area (Å²) in [6.07, 6.45) is 3.28. The molecule has 4 rings (SSSR count). The first-order valence-electron chi connectivity index (χ1n) is 13.6. The molecule has 2 N–H and O–H groups in total. The summed E-state index contributed by atoms with van der Waals surface area (Å²) >= 11 is 1.73. The first kappa shape index (κ1) is 28.4. The molecule has 39 heavy (non-hydrogen) atoms. The molecule has 2 amide bonds. The van der Waals surface area contributed by atoms with Gasteiger partial charge < -0.3 is 19.9 Å². The number of anilines is 1. The third kappa shape index (κ3) is 6.87. The maximum atomic E-state index is 13.4. The van der Waals surface area contributed by atoms with E-state index in [1.807, 2.05) is 32.0 Å². The summed E-state index contributed by atoms with van der Waals surface area (Å²) < 4.78 is 7.52. The molecule has 0 fully saturated rings. The number of amides is 2. The van der Waals surface area contributed by atoms with Gasteiger partial charge in [-0.2, -0.15) is 0 Å². The zero-order chi connectivity index (χ0) is 27.9. The Morgan fingerprint density at radius 2 is 1.79 bits per heavy atom. The van der Waals surface area contributed by atoms with Gasteiger partial charge >= 0.3 is 0 Å². The summed E-state index contributed by atoms with van der Waals surface area (Å²) in [6, 6.07) is 16.7. The van der Waals surface area contributed by atoms with E-state index in [1.54, 1.807) is 42.7 Å². The largest absolute Gasteiger partial charge is 0.497 e. The Morgan fingerprint density at radius 1 is 1.05 bits per heavy atom. The van der Waals surface area contributed by atoms with Gasteiger partial charge in [-0.05, 0) is 79.1 Å². The van der Waals surface area contributed by atoms with E-state index >= 15 is 0 Å². The van der Waals surface area contributed by atoms with Gasteiger partial charge in [-0.25, -0.2) is 4.98 Å². The van der Waals surface area contributed by atoms with Crippen LogP contribution in [0.3, 0.4) is 0 Å². The molecule has 4 aromatic rings. The molecular weight excluding hydrogens is 508 g/mol. The van der Waals surface area contributed by atoms with E-state index in [9.17, 15) is 9.59 Å². The number of imidazole rings is 1. The quantitative estimate of drug-likeness (QED) is 0.204. The molecule has 0 saturated heterocycles. The van der Waals surface area contributed by atoms with Gasteiger partial charge in [-0.1, -0.05) is 33.8 Å². The second kappa shape index (κ2) is 12.9. The van der Waals surface area contributed by atoms with Crippen LogP contribution in [0, 0.1) is 5.92 Å². The van der Waals surface area contributed by atoms with Crippen molar-refractivity contribution in [1.82, 2.24) is 14.9 Å². The molecule has 2 aromatic heterocycles. The minimum absolute atomic E-state index is 0.218. The topological polar surface area (TPSA) is 85.2 Å². The number of thiophene rings is 1. The van der Waals surface area contributed by atoms with Crippen molar-refractivity contribution in [2.24, 2.45) is 5.92 Å². The molecule has 0 radical (unpaired) electrons. The smallest absolute Gasteiger partial charge is 0.252 e. The number of rotatable bonds is 12. The van der Waals surface area contributed by atoms with Gasteiger partial charge in [-0.3, -0.25) is 9.59 Å². The predicted molar refractivity (Wildman–Crippen MR) is 159 cm³/mol. The number of hydrogen-bond donors (Lipinski definition) is 2. The summed E-state index contributed by atoms with van der Waals surface area (Å²) in [7, 11) is 1.60. The van der Waals surface area contributed by atoms with Crippen LogP contribution in [0.5, 0.6) is 5.75 Å². The summed E-state index contributed by atoms with van der Waals surface area (Å²) in [5.41, 5.74) is 2.97. The molecule has 0 bridgehead atoms. The first-order valence-corrected chi connectivity index (χ1v) is 14.5. The molecule has 0 aliphatic carbocycles. The molecule has 0 spiro atoms. The lowest BCUT2D eigenvalue weighted by atomic mass is 10.0. The SMILES string of the molecule is CCC(CC)n1c(Cc2cccs2)nc2cc(C(=O)NC(CC(C)C)C(=O)Nc3ccc(OC)cc3)ccc21. The maximum absolute atomic E-state index is 13.4. The molecule has 2 heterocycles. The third-order valence-electron chi connectivity index (χ3n) is 6.93. The number of fused-ring (bicyclic) bond motifs is 1. The minimum atomic E-state index is -0.674. The monoisotopic (exact) mass is 546 g/mol. The fraction of sp³-hybridized carbons (Fsp3) is 0.387. The van der Waals surface area contributed by atoms with E-state index in [2.05, 4.69) is 46.6 Å². The van der Waals surface area contributed by atoms with Crippen molar-refractivity contribution < 1.29 is 14.3 Å². The number of nitrogens with one attached hydrogen (secondary N) is 2. The number of methoxy groups -OCH3 is 1. The van der Waals surface area contributed by atoms with Crippen molar-refractivity contribution in [3.05, 3.63) is 76.2 Å². The lowest BCUT2D eigenvalue weighted by Gasteiger charge is -2.20. The number of aromatic nitrogens is 2. The average Bonchev–Trinajstić information content (AvgIpc) is 3.57. The van der Waals surface area contributed by atoms with Crippen molar-refractivity contribution in [2.75, 3.05) is 12.4 Å². The van der Waals surface area contributed by atoms with Crippen LogP contribution in [0.1, 0.15) is 74.1 Å². The van der Waals surface area contributed by atoms with Crippen molar-refractivity contribution in [3.8, 4) is 5.75 Å². The van der Waals surface area contributed by atoms with E-state index in [-0.39, 0.29) is 17.7 Å². The van der Waals surface area contributed by atoms with Gasteiger partial charge in [0.25, 0.3) is 5.91 Å². The summed E-state index contributed by atoms with van der Waals surface area (Å²) in [5, 5.41) is 7.97. The maximum Gasteiger partial charge on any atom is 0.252 e. The van der Waals surface area contributed by atoms with E-state index in [4.69, 9.17) is 9.72 Å². The van der Waals surface area contributed by atoms with Crippen LogP contribution >= 0.6 is 11.3 Å². The standard InChI is InChI=1S/C31H38N4O3S/c1-6-23(7-2)35-28-15-10-21(18-26(28)33-29(35)19-25-9-8-16-39-25)30(36)34-27(17-20(3)4)31(37)32-22-11-13-24(38-5)14-12-22/h8-16,18,20,23,27H,6-7,17,19H2,1-5H3,(H,32,37)(H,34,36). The van der Waals surface area contributed by atoms with Gasteiger partial charge in [0, 0.05) is 28.6 Å². The number of carbonyl (C=O) groups is 2. The fourth-order valence-electron chi connectivity index (χ4n) is 4.89. The molecule has 7 nitrogen and oxygen atoms in total. The Balaban J connectivity index is 1.58. The molecule has 0 aliphatic heterocycles. The second-order valence-corrected chi connectivity index (χ2v) is 11.2. The van der Waals surface area contributed by atoms with Crippen LogP contribution in [-0.4, -0.2) is 34.5 Å². The lowest BCUT2D eigenvalue weighted by Crippen LogP contribution is -2.44. The summed E-state index contributed by atoms with van der Waals surface area (Å²) in [4.78, 5) is 32.8. The number of nitrogens with zero attached hydrogens (tertiary/aromatic N) is 2. The highest BCUT2D eigenvalue weighted by atomic mass is 32.1. The Kier molecular flexibility index (Phi) is 9.41. The second-order valence-electron chi connectivity index (χ2n) is 10.2. The van der Waals surface area contributed by atoms with Gasteiger partial charge in [0.2, 0.25) is 5.91 Å². The Morgan fingerprint density at radius 3 is 2.41 bits per heavy atom. The minimum Gasteiger partial charge on any atom is -0.497 e. The van der Waals surface area contributed by atoms with Gasteiger partial charge in [0.15, 0.2) is 0 Å². The molecule has 1 unspecified atom stereocenters. The molecular formula is C31H38N4O3S. The molecule has 0 saturated carbocycles. The number of carbonyl (C=O) groups excluding carboxylic acids is 2. The van der Waals surface area contributed by atoms with Gasteiger partial charge in [-0.15, -0.1) is 11.3 Å². The molecule has 206 valence electrons. The van der Waals surface area contributed by atoms with E-state index in [0.717, 1.165) is 36.1 Å². The van der Waals surface area contributed by atoms with Crippen molar-refractivity contribution >= 4 is 39.9 Å². The van der Waals surface area contributed by atoms with Crippen LogP contribution in [0.25, 0.3) is 11.0 Å². The third-order valence-corrected chi connectivity index (χ3v) is 7.81. The van der Waals surface area contributed by atoms with E-state index < -0.39 is 6.04 Å². The number of hydrogen-bond acceptors (Lipinski definition) is 5. The highest BCUT2D eigenvalue weighted by Crippen LogP contribution is 2.28. The predicted octanol–water partition coefficient (Wildman–Crippen LogP) is 6.84. The number of ether oxygens (including phenoxy) is 1. The van der Waals surface area contributed by atoms with Crippen LogP contribution in [0.2, 0.25) is 0 Å². The van der Waals surface area contributed by atoms with Gasteiger partial charge in [0.1, 0.15) is 17.6 Å². The van der Waals surface area contributed by atoms with Crippen molar-refractivity contribution in [1.29, 1.82) is 0 Å². The van der Waals surface area contributed by atoms with Crippen molar-refractivity contribution in [3.63, 3.8) is 0 Å². The highest BCUT2D eigenvalue weighted by Gasteiger charge is 2.24. The summed E-state index contributed by atoms with van der Waals surface area (Å²) in [5.74, 6) is 1.40. The normalized spacial score (nSPS) is 12.2. The zero-order valence-electron chi connectivity index (χ0n) is 23.4. The van der Waals surface area contributed by atoms with Crippen LogP contribution in [-0.2, 0) is 11.2 Å².